The molecule has 0 unspecified atom stereocenters. The van der Waals surface area contributed by atoms with E-state index in [1.807, 2.05) is 0 Å². The van der Waals surface area contributed by atoms with Crippen LogP contribution >= 0.6 is 0 Å². The number of pyridine rings is 1. The summed E-state index contributed by atoms with van der Waals surface area (Å²) in [6.45, 7) is 2.73. The molecule has 0 N–H and O–H groups in total. The SMILES string of the molecule is CCC(F)(F)c1cccc2c(C)cc(C(F)(F)F)nc12. The summed E-state index contributed by atoms with van der Waals surface area (Å²) >= 11 is 0. The van der Waals surface area contributed by atoms with E-state index in [0.717, 1.165) is 12.1 Å². The van der Waals surface area contributed by atoms with E-state index in [0.29, 0.717) is 5.39 Å². The first-order valence-corrected chi connectivity index (χ1v) is 6.02. The lowest BCUT2D eigenvalue weighted by molar-refractivity contribution is -0.141. The average Bonchev–Trinajstić information content (AvgIpc) is 2.37. The van der Waals surface area contributed by atoms with Gasteiger partial charge in [-0.3, -0.25) is 0 Å². The van der Waals surface area contributed by atoms with Gasteiger partial charge in [0, 0.05) is 17.4 Å². The molecular weight excluding hydrogens is 277 g/mol. The Balaban J connectivity index is 2.82. The number of halogens is 5. The third-order valence-corrected chi connectivity index (χ3v) is 3.17. The quantitative estimate of drug-likeness (QED) is 0.704. The lowest BCUT2D eigenvalue weighted by Crippen LogP contribution is -2.15. The minimum atomic E-state index is -4.66. The van der Waals surface area contributed by atoms with Crippen molar-refractivity contribution in [2.75, 3.05) is 0 Å². The van der Waals surface area contributed by atoms with Crippen LogP contribution in [0.3, 0.4) is 0 Å². The molecule has 0 atom stereocenters. The highest BCUT2D eigenvalue weighted by Gasteiger charge is 2.36. The monoisotopic (exact) mass is 289 g/mol. The van der Waals surface area contributed by atoms with E-state index < -0.39 is 29.8 Å². The molecule has 2 rings (SSSR count). The summed E-state index contributed by atoms with van der Waals surface area (Å²) in [5.41, 5.74) is -1.63. The van der Waals surface area contributed by atoms with Crippen molar-refractivity contribution in [3.8, 4) is 0 Å². The van der Waals surface area contributed by atoms with E-state index in [-0.39, 0.29) is 11.1 Å². The Kier molecular flexibility index (Phi) is 3.44. The molecule has 1 nitrogen and oxygen atoms in total. The summed E-state index contributed by atoms with van der Waals surface area (Å²) in [5.74, 6) is -3.21. The van der Waals surface area contributed by atoms with Crippen LogP contribution in [-0.2, 0) is 12.1 Å². The van der Waals surface area contributed by atoms with Gasteiger partial charge >= 0.3 is 6.18 Å². The molecule has 0 saturated carbocycles. The van der Waals surface area contributed by atoms with Crippen molar-refractivity contribution in [1.29, 1.82) is 0 Å². The molecular formula is C14H12F5N. The number of hydrogen-bond donors (Lipinski definition) is 0. The standard InChI is InChI=1S/C14H12F5N/c1-3-13(15,16)10-6-4-5-9-8(2)7-11(14(17,18)19)20-12(9)10/h4-7H,3H2,1-2H3. The number of rotatable bonds is 2. The molecule has 1 heterocycles. The van der Waals surface area contributed by atoms with Gasteiger partial charge in [-0.05, 0) is 18.6 Å². The summed E-state index contributed by atoms with van der Waals surface area (Å²) in [6.07, 6.45) is -5.16. The molecule has 1 aromatic heterocycles. The number of nitrogens with zero attached hydrogens (tertiary/aromatic N) is 1. The Labute approximate surface area is 112 Å². The zero-order valence-corrected chi connectivity index (χ0v) is 10.9. The van der Waals surface area contributed by atoms with Crippen LogP contribution in [0.25, 0.3) is 10.9 Å². The summed E-state index contributed by atoms with van der Waals surface area (Å²) in [7, 11) is 0. The van der Waals surface area contributed by atoms with Crippen molar-refractivity contribution in [1.82, 2.24) is 4.98 Å². The fourth-order valence-corrected chi connectivity index (χ4v) is 2.05. The fourth-order valence-electron chi connectivity index (χ4n) is 2.05. The number of benzene rings is 1. The van der Waals surface area contributed by atoms with Crippen molar-refractivity contribution in [2.24, 2.45) is 0 Å². The minimum absolute atomic E-state index is 0.274. The van der Waals surface area contributed by atoms with Gasteiger partial charge < -0.3 is 0 Å². The Morgan fingerprint density at radius 2 is 1.75 bits per heavy atom. The highest BCUT2D eigenvalue weighted by molar-refractivity contribution is 5.85. The van der Waals surface area contributed by atoms with E-state index in [1.54, 1.807) is 0 Å². The number of hydrogen-bond acceptors (Lipinski definition) is 1. The van der Waals surface area contributed by atoms with Crippen molar-refractivity contribution in [3.05, 3.63) is 41.1 Å². The molecule has 0 saturated heterocycles. The summed E-state index contributed by atoms with van der Waals surface area (Å²) < 4.78 is 66.0. The average molecular weight is 289 g/mol. The second-order valence-corrected chi connectivity index (χ2v) is 4.58. The predicted octanol–water partition coefficient (Wildman–Crippen LogP) is 5.06. The normalized spacial score (nSPS) is 12.9. The van der Waals surface area contributed by atoms with Crippen LogP contribution in [0.1, 0.15) is 30.2 Å². The van der Waals surface area contributed by atoms with Crippen LogP contribution in [0.15, 0.2) is 24.3 Å². The molecule has 0 spiro atoms. The van der Waals surface area contributed by atoms with Gasteiger partial charge in [0.1, 0.15) is 5.69 Å². The van der Waals surface area contributed by atoms with Crippen LogP contribution in [0, 0.1) is 6.92 Å². The maximum Gasteiger partial charge on any atom is 0.433 e. The Bertz CT molecular complexity index is 646. The Morgan fingerprint density at radius 3 is 2.30 bits per heavy atom. The van der Waals surface area contributed by atoms with Gasteiger partial charge in [0.05, 0.1) is 5.52 Å². The smallest absolute Gasteiger partial charge is 0.243 e. The van der Waals surface area contributed by atoms with E-state index in [1.165, 1.54) is 26.0 Å². The lowest BCUT2D eigenvalue weighted by Gasteiger charge is -2.18. The van der Waals surface area contributed by atoms with E-state index in [4.69, 9.17) is 0 Å². The first-order valence-electron chi connectivity index (χ1n) is 6.02. The highest BCUT2D eigenvalue weighted by atomic mass is 19.4. The number of para-hydroxylation sites is 1. The van der Waals surface area contributed by atoms with E-state index >= 15 is 0 Å². The molecule has 0 aliphatic heterocycles. The lowest BCUT2D eigenvalue weighted by atomic mass is 9.99. The zero-order chi connectivity index (χ0) is 15.1. The molecule has 108 valence electrons. The fraction of sp³-hybridized carbons (Fsp3) is 0.357. The molecule has 0 fully saturated rings. The maximum atomic E-state index is 13.9. The molecule has 0 aliphatic carbocycles. The molecule has 0 amide bonds. The number of aryl methyl sites for hydroxylation is 1. The largest absolute Gasteiger partial charge is 0.433 e. The van der Waals surface area contributed by atoms with E-state index in [2.05, 4.69) is 4.98 Å². The molecule has 0 radical (unpaired) electrons. The molecule has 0 aliphatic rings. The third-order valence-electron chi connectivity index (χ3n) is 3.17. The Hall–Kier alpha value is -1.72. The summed E-state index contributed by atoms with van der Waals surface area (Å²) in [4.78, 5) is 3.42. The van der Waals surface area contributed by atoms with Gasteiger partial charge in [-0.15, -0.1) is 0 Å². The van der Waals surface area contributed by atoms with Crippen molar-refractivity contribution in [3.63, 3.8) is 0 Å². The van der Waals surface area contributed by atoms with Crippen LogP contribution in [0.5, 0.6) is 0 Å². The van der Waals surface area contributed by atoms with Gasteiger partial charge in [-0.25, -0.2) is 13.8 Å². The number of alkyl halides is 5. The zero-order valence-electron chi connectivity index (χ0n) is 10.9. The number of fused-ring (bicyclic) bond motifs is 1. The van der Waals surface area contributed by atoms with Crippen molar-refractivity contribution < 1.29 is 22.0 Å². The number of aromatic nitrogens is 1. The first kappa shape index (κ1) is 14.7. The topological polar surface area (TPSA) is 12.9 Å². The Morgan fingerprint density at radius 1 is 1.10 bits per heavy atom. The summed E-state index contributed by atoms with van der Waals surface area (Å²) in [6, 6.07) is 4.89. The minimum Gasteiger partial charge on any atom is -0.243 e. The van der Waals surface area contributed by atoms with Gasteiger partial charge in [0.25, 0.3) is 5.92 Å². The molecule has 0 bridgehead atoms. The van der Waals surface area contributed by atoms with Crippen LogP contribution < -0.4 is 0 Å². The third kappa shape index (κ3) is 2.46. The molecule has 2 aromatic rings. The van der Waals surface area contributed by atoms with Gasteiger partial charge in [0.2, 0.25) is 0 Å². The van der Waals surface area contributed by atoms with Crippen LogP contribution in [-0.4, -0.2) is 4.98 Å². The van der Waals surface area contributed by atoms with Crippen LogP contribution in [0.4, 0.5) is 22.0 Å². The predicted molar refractivity (Wildman–Crippen MR) is 65.7 cm³/mol. The molecule has 6 heteroatoms. The highest BCUT2D eigenvalue weighted by Crippen LogP contribution is 2.38. The van der Waals surface area contributed by atoms with Gasteiger partial charge in [0.15, 0.2) is 0 Å². The van der Waals surface area contributed by atoms with E-state index in [9.17, 15) is 22.0 Å². The second-order valence-electron chi connectivity index (χ2n) is 4.58. The maximum absolute atomic E-state index is 13.9. The van der Waals surface area contributed by atoms with Gasteiger partial charge in [-0.1, -0.05) is 25.1 Å². The summed E-state index contributed by atoms with van der Waals surface area (Å²) in [5, 5.41) is 0.309. The van der Waals surface area contributed by atoms with Crippen molar-refractivity contribution in [2.45, 2.75) is 32.4 Å². The molecule has 20 heavy (non-hydrogen) atoms. The van der Waals surface area contributed by atoms with Gasteiger partial charge in [-0.2, -0.15) is 13.2 Å². The molecule has 1 aromatic carbocycles. The second kappa shape index (κ2) is 4.68. The first-order chi connectivity index (χ1) is 9.16. The van der Waals surface area contributed by atoms with Crippen LogP contribution in [0.2, 0.25) is 0 Å². The van der Waals surface area contributed by atoms with Crippen molar-refractivity contribution >= 4 is 10.9 Å².